The minimum atomic E-state index is -3.32. The maximum atomic E-state index is 12.5. The molecule has 1 aliphatic rings. The molecule has 5 nitrogen and oxygen atoms in total. The van der Waals surface area contributed by atoms with Gasteiger partial charge in [0, 0.05) is 12.6 Å². The van der Waals surface area contributed by atoms with Crippen molar-refractivity contribution < 1.29 is 8.42 Å². The van der Waals surface area contributed by atoms with Crippen LogP contribution in [0.2, 0.25) is 0 Å². The largest absolute Gasteiger partial charge is 0.357 e. The number of aliphatic imine (C=N–C) groups is 1. The highest BCUT2D eigenvalue weighted by Crippen LogP contribution is 2.28. The third kappa shape index (κ3) is 5.73. The zero-order chi connectivity index (χ0) is 18.7. The van der Waals surface area contributed by atoms with Crippen molar-refractivity contribution in [2.24, 2.45) is 10.9 Å². The highest BCUT2D eigenvalue weighted by molar-refractivity contribution is 7.91. The van der Waals surface area contributed by atoms with Gasteiger partial charge in [0.15, 0.2) is 15.8 Å². The number of benzene rings is 1. The second-order valence-corrected chi connectivity index (χ2v) is 9.93. The van der Waals surface area contributed by atoms with Crippen molar-refractivity contribution in [3.63, 3.8) is 0 Å². The van der Waals surface area contributed by atoms with Gasteiger partial charge in [-0.05, 0) is 42.4 Å². The topological polar surface area (TPSA) is 70.6 Å². The van der Waals surface area contributed by atoms with E-state index in [2.05, 4.69) is 43.3 Å². The third-order valence-corrected chi connectivity index (χ3v) is 6.20. The van der Waals surface area contributed by atoms with Gasteiger partial charge in [0.05, 0.1) is 17.2 Å². The van der Waals surface area contributed by atoms with Crippen molar-refractivity contribution in [2.45, 2.75) is 57.4 Å². The Hall–Kier alpha value is -1.56. The summed E-state index contributed by atoms with van der Waals surface area (Å²) >= 11 is 0. The van der Waals surface area contributed by atoms with E-state index in [1.807, 2.05) is 19.1 Å². The number of nitrogens with zero attached hydrogens (tertiary/aromatic N) is 1. The molecule has 0 aliphatic heterocycles. The number of sulfone groups is 1. The Kier molecular flexibility index (Phi) is 6.14. The van der Waals surface area contributed by atoms with E-state index in [4.69, 9.17) is 0 Å². The van der Waals surface area contributed by atoms with Crippen molar-refractivity contribution in [1.29, 1.82) is 0 Å². The van der Waals surface area contributed by atoms with Crippen LogP contribution < -0.4 is 10.6 Å². The number of rotatable bonds is 6. The molecule has 0 spiro atoms. The van der Waals surface area contributed by atoms with Crippen molar-refractivity contribution in [3.05, 3.63) is 29.8 Å². The summed E-state index contributed by atoms with van der Waals surface area (Å²) in [5.74, 6) is 1.38. The molecule has 6 heteroatoms. The van der Waals surface area contributed by atoms with Crippen LogP contribution in [-0.2, 0) is 15.3 Å². The highest BCUT2D eigenvalue weighted by Gasteiger charge is 2.33. The predicted molar refractivity (Wildman–Crippen MR) is 104 cm³/mol. The standard InChI is InChI=1S/C19H31N3O2S/c1-6-20-18(22-17-13-14(17)2)21-11-12-25(23,24)16-9-7-15(8-10-16)19(3,4)5/h7-10,14,17H,6,11-13H2,1-5H3,(H2,20,21,22). The first-order valence-corrected chi connectivity index (χ1v) is 10.7. The van der Waals surface area contributed by atoms with Gasteiger partial charge in [0.25, 0.3) is 0 Å². The molecular formula is C19H31N3O2S. The van der Waals surface area contributed by atoms with Crippen molar-refractivity contribution in [2.75, 3.05) is 18.8 Å². The average molecular weight is 366 g/mol. The minimum absolute atomic E-state index is 0.0126. The van der Waals surface area contributed by atoms with Gasteiger partial charge in [0.1, 0.15) is 0 Å². The van der Waals surface area contributed by atoms with E-state index >= 15 is 0 Å². The fourth-order valence-electron chi connectivity index (χ4n) is 2.58. The van der Waals surface area contributed by atoms with Gasteiger partial charge >= 0.3 is 0 Å². The summed E-state index contributed by atoms with van der Waals surface area (Å²) in [4.78, 5) is 4.78. The molecule has 0 aromatic heterocycles. The summed E-state index contributed by atoms with van der Waals surface area (Å²) in [5.41, 5.74) is 1.14. The maximum absolute atomic E-state index is 12.5. The molecule has 1 aromatic carbocycles. The Morgan fingerprint density at radius 2 is 1.84 bits per heavy atom. The molecule has 140 valence electrons. The lowest BCUT2D eigenvalue weighted by Gasteiger charge is -2.19. The molecule has 2 rings (SSSR count). The summed E-state index contributed by atoms with van der Waals surface area (Å²) in [7, 11) is -3.32. The van der Waals surface area contributed by atoms with Crippen LogP contribution in [-0.4, -0.2) is 39.3 Å². The second kappa shape index (κ2) is 7.77. The molecule has 1 fully saturated rings. The maximum Gasteiger partial charge on any atom is 0.191 e. The normalized spacial score (nSPS) is 21.1. The lowest BCUT2D eigenvalue weighted by atomic mass is 9.87. The van der Waals surface area contributed by atoms with Crippen molar-refractivity contribution >= 4 is 15.8 Å². The van der Waals surface area contributed by atoms with Crippen LogP contribution in [0.15, 0.2) is 34.2 Å². The molecule has 2 unspecified atom stereocenters. The van der Waals surface area contributed by atoms with Crippen LogP contribution >= 0.6 is 0 Å². The molecule has 1 aliphatic carbocycles. The van der Waals surface area contributed by atoms with Crippen LogP contribution in [0.25, 0.3) is 0 Å². The molecule has 0 bridgehead atoms. The Morgan fingerprint density at radius 1 is 1.24 bits per heavy atom. The van der Waals surface area contributed by atoms with Gasteiger partial charge in [-0.25, -0.2) is 8.42 Å². The third-order valence-electron chi connectivity index (χ3n) is 4.49. The van der Waals surface area contributed by atoms with E-state index in [0.29, 0.717) is 22.8 Å². The van der Waals surface area contributed by atoms with Gasteiger partial charge in [-0.3, -0.25) is 4.99 Å². The molecule has 0 amide bonds. The molecule has 25 heavy (non-hydrogen) atoms. The van der Waals surface area contributed by atoms with Crippen LogP contribution in [0.3, 0.4) is 0 Å². The first-order chi connectivity index (χ1) is 11.6. The monoisotopic (exact) mass is 365 g/mol. The SMILES string of the molecule is CCNC(=NCCS(=O)(=O)c1ccc(C(C)(C)C)cc1)NC1CC1C. The van der Waals surface area contributed by atoms with Gasteiger partial charge in [0.2, 0.25) is 0 Å². The lowest BCUT2D eigenvalue weighted by Crippen LogP contribution is -2.39. The molecule has 1 aromatic rings. The summed E-state index contributed by atoms with van der Waals surface area (Å²) in [6, 6.07) is 7.66. The first kappa shape index (κ1) is 19.8. The number of hydrogen-bond acceptors (Lipinski definition) is 3. The van der Waals surface area contributed by atoms with Crippen molar-refractivity contribution in [1.82, 2.24) is 10.6 Å². The molecule has 1 saturated carbocycles. The van der Waals surface area contributed by atoms with Crippen LogP contribution in [0.1, 0.15) is 46.6 Å². The Labute approximate surface area is 152 Å². The minimum Gasteiger partial charge on any atom is -0.357 e. The second-order valence-electron chi connectivity index (χ2n) is 7.82. The summed E-state index contributed by atoms with van der Waals surface area (Å²) in [5, 5.41) is 6.50. The Morgan fingerprint density at radius 3 is 2.32 bits per heavy atom. The zero-order valence-electron chi connectivity index (χ0n) is 16.0. The molecule has 0 heterocycles. The number of nitrogens with one attached hydrogen (secondary N) is 2. The van der Waals surface area contributed by atoms with E-state index < -0.39 is 9.84 Å². The van der Waals surface area contributed by atoms with Gasteiger partial charge in [-0.1, -0.05) is 39.8 Å². The Bertz CT molecular complexity index is 703. The smallest absolute Gasteiger partial charge is 0.191 e. The first-order valence-electron chi connectivity index (χ1n) is 9.01. The van der Waals surface area contributed by atoms with Crippen LogP contribution in [0.5, 0.6) is 0 Å². The van der Waals surface area contributed by atoms with E-state index in [1.165, 1.54) is 0 Å². The molecule has 0 radical (unpaired) electrons. The summed E-state index contributed by atoms with van der Waals surface area (Å²) in [6.45, 7) is 11.5. The zero-order valence-corrected chi connectivity index (χ0v) is 16.8. The predicted octanol–water partition coefficient (Wildman–Crippen LogP) is 2.72. The van der Waals surface area contributed by atoms with E-state index in [0.717, 1.165) is 18.5 Å². The quantitative estimate of drug-likeness (QED) is 0.601. The summed E-state index contributed by atoms with van der Waals surface area (Å²) < 4.78 is 25.0. The van der Waals surface area contributed by atoms with Crippen molar-refractivity contribution in [3.8, 4) is 0 Å². The van der Waals surface area contributed by atoms with Crippen LogP contribution in [0.4, 0.5) is 0 Å². The summed E-state index contributed by atoms with van der Waals surface area (Å²) in [6.07, 6.45) is 1.14. The average Bonchev–Trinajstić information content (AvgIpc) is 3.21. The molecular weight excluding hydrogens is 334 g/mol. The lowest BCUT2D eigenvalue weighted by molar-refractivity contribution is 0.586. The fraction of sp³-hybridized carbons (Fsp3) is 0.632. The molecule has 2 atom stereocenters. The van der Waals surface area contributed by atoms with Gasteiger partial charge < -0.3 is 10.6 Å². The van der Waals surface area contributed by atoms with E-state index in [1.54, 1.807) is 12.1 Å². The van der Waals surface area contributed by atoms with Gasteiger partial charge in [-0.15, -0.1) is 0 Å². The molecule has 0 saturated heterocycles. The van der Waals surface area contributed by atoms with Crippen LogP contribution in [0, 0.1) is 5.92 Å². The highest BCUT2D eigenvalue weighted by atomic mass is 32.2. The van der Waals surface area contributed by atoms with E-state index in [9.17, 15) is 8.42 Å². The van der Waals surface area contributed by atoms with Gasteiger partial charge in [-0.2, -0.15) is 0 Å². The fourth-order valence-corrected chi connectivity index (χ4v) is 3.69. The number of guanidine groups is 1. The number of hydrogen-bond donors (Lipinski definition) is 2. The van der Waals surface area contributed by atoms with E-state index in [-0.39, 0.29) is 17.7 Å². The Balaban J connectivity index is 1.98. The molecule has 2 N–H and O–H groups in total.